The van der Waals surface area contributed by atoms with Gasteiger partial charge in [0.2, 0.25) is 5.91 Å². The number of benzene rings is 1. The molecule has 0 aliphatic rings. The molecule has 12 nitrogen and oxygen atoms in total. The number of carbonyl (C=O) groups is 3. The molecule has 3 aromatic heterocycles. The molecule has 0 aliphatic carbocycles. The number of primary amides is 1. The van der Waals surface area contributed by atoms with Gasteiger partial charge in [-0.1, -0.05) is 18.2 Å². The summed E-state index contributed by atoms with van der Waals surface area (Å²) in [5, 5.41) is 9.16. The number of hydrogen-bond acceptors (Lipinski definition) is 7. The largest absolute Gasteiger partial charge is 0.365 e. The van der Waals surface area contributed by atoms with Crippen molar-refractivity contribution >= 4 is 34.1 Å². The molecule has 0 saturated heterocycles. The van der Waals surface area contributed by atoms with Gasteiger partial charge in [0.25, 0.3) is 17.4 Å². The van der Waals surface area contributed by atoms with E-state index in [-0.39, 0.29) is 29.3 Å². The Morgan fingerprint density at radius 3 is 2.44 bits per heavy atom. The highest BCUT2D eigenvalue weighted by Gasteiger charge is 2.20. The van der Waals surface area contributed by atoms with Crippen LogP contribution in [0.4, 0.5) is 0 Å². The summed E-state index contributed by atoms with van der Waals surface area (Å²) in [4.78, 5) is 54.1. The number of nitrogens with zero attached hydrogens (tertiary/aromatic N) is 5. The van der Waals surface area contributed by atoms with Crippen molar-refractivity contribution in [3.8, 4) is 0 Å². The Bertz CT molecular complexity index is 1580. The Balaban J connectivity index is 1.48. The molecule has 36 heavy (non-hydrogen) atoms. The van der Waals surface area contributed by atoms with Crippen molar-refractivity contribution in [2.75, 3.05) is 0 Å². The minimum Gasteiger partial charge on any atom is -0.365 e. The van der Waals surface area contributed by atoms with Crippen LogP contribution < -0.4 is 22.1 Å². The number of hydrazine groups is 1. The maximum Gasteiger partial charge on any atom is 0.290 e. The van der Waals surface area contributed by atoms with Crippen molar-refractivity contribution in [1.82, 2.24) is 35.2 Å². The van der Waals surface area contributed by atoms with Crippen LogP contribution in [0.1, 0.15) is 64.1 Å². The lowest BCUT2D eigenvalue weighted by Crippen LogP contribution is -2.43. The van der Waals surface area contributed by atoms with E-state index in [1.54, 1.807) is 45.0 Å². The van der Waals surface area contributed by atoms with Gasteiger partial charge >= 0.3 is 0 Å². The first-order valence-corrected chi connectivity index (χ1v) is 11.3. The third-order valence-electron chi connectivity index (χ3n) is 5.92. The second-order valence-corrected chi connectivity index (χ2v) is 8.66. The number of carbonyl (C=O) groups excluding carboxylic acids is 3. The Labute approximate surface area is 205 Å². The maximum absolute atomic E-state index is 12.9. The lowest BCUT2D eigenvalue weighted by molar-refractivity contribution is -0.121. The van der Waals surface area contributed by atoms with E-state index < -0.39 is 17.7 Å². The number of aryl methyl sites for hydroxylation is 2. The summed E-state index contributed by atoms with van der Waals surface area (Å²) in [5.41, 5.74) is 12.7. The monoisotopic (exact) mass is 490 g/mol. The normalized spacial score (nSPS) is 11.2. The van der Waals surface area contributed by atoms with Gasteiger partial charge in [-0.25, -0.2) is 14.2 Å². The zero-order valence-electron chi connectivity index (χ0n) is 20.3. The van der Waals surface area contributed by atoms with Crippen LogP contribution in [0.15, 0.2) is 35.3 Å². The van der Waals surface area contributed by atoms with Gasteiger partial charge in [-0.2, -0.15) is 10.2 Å². The van der Waals surface area contributed by atoms with Crippen molar-refractivity contribution in [2.24, 2.45) is 5.73 Å². The number of fused-ring (bicyclic) bond motifs is 2. The SMILES string of the molecule is Cc1nc2c(C(N)=O)cnn2c(C)c1CCC(=O)NNC(=O)c1nn(C(C)C)c(=O)c2ccccc12. The van der Waals surface area contributed by atoms with E-state index >= 15 is 0 Å². The summed E-state index contributed by atoms with van der Waals surface area (Å²) in [6.45, 7) is 7.18. The molecule has 0 radical (unpaired) electrons. The number of aromatic nitrogens is 5. The molecule has 0 atom stereocenters. The average Bonchev–Trinajstić information content (AvgIpc) is 3.27. The van der Waals surface area contributed by atoms with Crippen LogP contribution >= 0.6 is 0 Å². The molecule has 0 aliphatic heterocycles. The first-order chi connectivity index (χ1) is 17.1. The number of amides is 3. The van der Waals surface area contributed by atoms with Crippen LogP contribution in [0.5, 0.6) is 0 Å². The average molecular weight is 491 g/mol. The highest BCUT2D eigenvalue weighted by Crippen LogP contribution is 2.18. The van der Waals surface area contributed by atoms with Gasteiger partial charge < -0.3 is 5.73 Å². The van der Waals surface area contributed by atoms with Gasteiger partial charge in [0.05, 0.1) is 17.6 Å². The third-order valence-corrected chi connectivity index (χ3v) is 5.92. The number of hydrogen-bond donors (Lipinski definition) is 3. The fraction of sp³-hybridized carbons (Fsp3) is 0.292. The summed E-state index contributed by atoms with van der Waals surface area (Å²) in [7, 11) is 0. The van der Waals surface area contributed by atoms with E-state index in [1.165, 1.54) is 15.4 Å². The second kappa shape index (κ2) is 9.56. The molecule has 186 valence electrons. The number of nitrogens with one attached hydrogen (secondary N) is 2. The maximum atomic E-state index is 12.9. The fourth-order valence-corrected chi connectivity index (χ4v) is 4.06. The highest BCUT2D eigenvalue weighted by atomic mass is 16.2. The summed E-state index contributed by atoms with van der Waals surface area (Å²) in [6.07, 6.45) is 1.75. The standard InChI is InChI=1S/C24H26N8O4/c1-12(2)31-24(36)17-8-6-5-7-16(17)20(30-31)23(35)29-28-19(33)10-9-15-13(3)27-22-18(21(25)34)11-26-32(22)14(15)4/h5-8,11-12H,9-10H2,1-4H3,(H2,25,34)(H,28,33)(H,29,35). The van der Waals surface area contributed by atoms with Gasteiger partial charge in [0.1, 0.15) is 5.56 Å². The number of rotatable bonds is 6. The van der Waals surface area contributed by atoms with Crippen LogP contribution in [-0.2, 0) is 11.2 Å². The summed E-state index contributed by atoms with van der Waals surface area (Å²) in [6, 6.07) is 6.44. The summed E-state index contributed by atoms with van der Waals surface area (Å²) < 4.78 is 2.76. The first kappa shape index (κ1) is 24.5. The summed E-state index contributed by atoms with van der Waals surface area (Å²) in [5.74, 6) is -1.69. The van der Waals surface area contributed by atoms with Crippen LogP contribution in [-0.4, -0.2) is 42.1 Å². The predicted octanol–water partition coefficient (Wildman–Crippen LogP) is 1.13. The van der Waals surface area contributed by atoms with Crippen molar-refractivity contribution < 1.29 is 14.4 Å². The zero-order chi connectivity index (χ0) is 26.1. The Hall–Kier alpha value is -4.61. The molecular formula is C24H26N8O4. The molecule has 0 spiro atoms. The van der Waals surface area contributed by atoms with Crippen LogP contribution in [0.25, 0.3) is 16.4 Å². The van der Waals surface area contributed by atoms with E-state index in [2.05, 4.69) is 26.0 Å². The number of nitrogens with two attached hydrogens (primary N) is 1. The Morgan fingerprint density at radius 2 is 1.78 bits per heavy atom. The molecule has 12 heteroatoms. The van der Waals surface area contributed by atoms with Crippen LogP contribution in [0.3, 0.4) is 0 Å². The van der Waals surface area contributed by atoms with Gasteiger partial charge in [-0.3, -0.25) is 30.0 Å². The van der Waals surface area contributed by atoms with Crippen molar-refractivity contribution in [3.63, 3.8) is 0 Å². The molecule has 0 bridgehead atoms. The van der Waals surface area contributed by atoms with Crippen LogP contribution in [0.2, 0.25) is 0 Å². The molecule has 0 unspecified atom stereocenters. The minimum absolute atomic E-state index is 0.0319. The highest BCUT2D eigenvalue weighted by molar-refractivity contribution is 6.05. The molecular weight excluding hydrogens is 464 g/mol. The third kappa shape index (κ3) is 4.40. The van der Waals surface area contributed by atoms with Gasteiger partial charge in [0.15, 0.2) is 11.3 Å². The lowest BCUT2D eigenvalue weighted by Gasteiger charge is -2.14. The zero-order valence-corrected chi connectivity index (χ0v) is 20.3. The van der Waals surface area contributed by atoms with Crippen LogP contribution in [0, 0.1) is 13.8 Å². The molecule has 4 aromatic rings. The smallest absolute Gasteiger partial charge is 0.290 e. The lowest BCUT2D eigenvalue weighted by atomic mass is 10.1. The van der Waals surface area contributed by atoms with Crippen molar-refractivity contribution in [2.45, 2.75) is 46.6 Å². The molecule has 4 rings (SSSR count). The minimum atomic E-state index is -0.639. The molecule has 0 fully saturated rings. The van der Waals surface area contributed by atoms with Crippen molar-refractivity contribution in [1.29, 1.82) is 0 Å². The quantitative estimate of drug-likeness (QED) is 0.341. The first-order valence-electron chi connectivity index (χ1n) is 11.3. The Morgan fingerprint density at radius 1 is 1.08 bits per heavy atom. The molecule has 4 N–H and O–H groups in total. The second-order valence-electron chi connectivity index (χ2n) is 8.66. The fourth-order valence-electron chi connectivity index (χ4n) is 4.06. The molecule has 3 heterocycles. The van der Waals surface area contributed by atoms with Gasteiger partial charge in [-0.15, -0.1) is 0 Å². The van der Waals surface area contributed by atoms with Crippen molar-refractivity contribution in [3.05, 3.63) is 69.0 Å². The summed E-state index contributed by atoms with van der Waals surface area (Å²) >= 11 is 0. The predicted molar refractivity (Wildman–Crippen MR) is 131 cm³/mol. The molecule has 3 amide bonds. The van der Waals surface area contributed by atoms with E-state index in [9.17, 15) is 19.2 Å². The van der Waals surface area contributed by atoms with E-state index in [4.69, 9.17) is 5.73 Å². The topological polar surface area (TPSA) is 166 Å². The van der Waals surface area contributed by atoms with E-state index in [1.807, 2.05) is 6.92 Å². The van der Waals surface area contributed by atoms with E-state index in [0.29, 0.717) is 28.5 Å². The van der Waals surface area contributed by atoms with Gasteiger partial charge in [0, 0.05) is 23.2 Å². The van der Waals surface area contributed by atoms with Gasteiger partial charge in [-0.05, 0) is 45.7 Å². The van der Waals surface area contributed by atoms with E-state index in [0.717, 1.165) is 11.3 Å². The Kier molecular flexibility index (Phi) is 6.51. The molecule has 1 aromatic carbocycles. The molecule has 0 saturated carbocycles.